The fourth-order valence-corrected chi connectivity index (χ4v) is 16.1. The summed E-state index contributed by atoms with van der Waals surface area (Å²) >= 11 is 1.90. The van der Waals surface area contributed by atoms with E-state index in [0.717, 1.165) is 117 Å². The molecule has 0 aliphatic carbocycles. The second kappa shape index (κ2) is 20.1. The molecular formula is C84H51BN2O2S. The van der Waals surface area contributed by atoms with E-state index in [1.165, 1.54) is 64.5 Å². The lowest BCUT2D eigenvalue weighted by Gasteiger charge is -2.45. The van der Waals surface area contributed by atoms with Crippen LogP contribution in [0.1, 0.15) is 0 Å². The number of benzene rings is 14. The van der Waals surface area contributed by atoms with E-state index in [2.05, 4.69) is 319 Å². The van der Waals surface area contributed by atoms with Crippen LogP contribution in [-0.2, 0) is 0 Å². The molecule has 2 aliphatic rings. The molecule has 0 saturated heterocycles. The van der Waals surface area contributed by atoms with Crippen LogP contribution in [0.25, 0.3) is 131 Å². The Labute approximate surface area is 524 Å². The molecule has 3 aromatic heterocycles. The number of hydrogen-bond acceptors (Lipinski definition) is 5. The molecule has 19 rings (SSSR count). The summed E-state index contributed by atoms with van der Waals surface area (Å²) in [5, 5.41) is 6.87. The van der Waals surface area contributed by atoms with Gasteiger partial charge in [-0.2, -0.15) is 0 Å². The van der Waals surface area contributed by atoms with Crippen LogP contribution in [0.2, 0.25) is 0 Å². The molecule has 17 aromatic rings. The second-order valence-electron chi connectivity index (χ2n) is 23.8. The third-order valence-electron chi connectivity index (χ3n) is 18.9. The van der Waals surface area contributed by atoms with Gasteiger partial charge in [-0.15, -0.1) is 11.3 Å². The normalized spacial score (nSPS) is 12.6. The molecule has 4 nitrogen and oxygen atoms in total. The molecular weight excluding hydrogens is 1110 g/mol. The quantitative estimate of drug-likeness (QED) is 0.142. The first kappa shape index (κ1) is 50.7. The third-order valence-corrected chi connectivity index (χ3v) is 20.1. The Balaban J connectivity index is 0.932. The van der Waals surface area contributed by atoms with Crippen LogP contribution in [0.5, 0.6) is 0 Å². The Morgan fingerprint density at radius 2 is 0.689 bits per heavy atom. The number of fused-ring (bicyclic) bond motifs is 14. The van der Waals surface area contributed by atoms with Gasteiger partial charge in [0, 0.05) is 76.3 Å². The number of nitrogens with zero attached hydrogens (tertiary/aromatic N) is 2. The molecule has 0 radical (unpaired) electrons. The molecule has 0 spiro atoms. The maximum absolute atomic E-state index is 6.87. The van der Waals surface area contributed by atoms with Crippen molar-refractivity contribution in [2.45, 2.75) is 0 Å². The standard InChI is InChI=1S/C84H51BN2O2S/c1-3-21-52(22-4-1)54-25-17-27-56(47-54)60-29-7-12-38-72(60)86-74-49-58(62-34-19-36-67-64-31-9-14-40-77(64)88-82(62)67)43-45-70(74)85-71-46-44-59(63-35-20-37-68-65-32-10-15-41-78(65)89-83(63)68)50-75(71)87(81-80(85)76(86)51-69-66-33-11-16-42-79(66)90-84(69)81)73-39-13-8-30-61(73)57-28-18-26-55(48-57)53-23-5-2-6-24-53/h1-51H. The van der Waals surface area contributed by atoms with Crippen molar-refractivity contribution in [1.82, 2.24) is 0 Å². The van der Waals surface area contributed by atoms with E-state index >= 15 is 0 Å². The SMILES string of the molecule is c1ccc(-c2cccc(-c3ccccc3N3c4cc(-c5cccc6c5oc5ccccc56)ccc4B4c5ccc(-c6cccc7c6oc6ccccc67)cc5N(c5ccccc5-c5cccc(-c6ccccc6)c5)c5c4c3cc3c5sc4ccccc43)c2)cc1. The van der Waals surface area contributed by atoms with E-state index < -0.39 is 0 Å². The topological polar surface area (TPSA) is 32.8 Å². The average molecular weight is 1160 g/mol. The number of furan rings is 2. The summed E-state index contributed by atoms with van der Waals surface area (Å²) < 4.78 is 16.2. The maximum atomic E-state index is 6.87. The Hall–Kier alpha value is -11.4. The largest absolute Gasteiger partial charge is 0.455 e. The van der Waals surface area contributed by atoms with Gasteiger partial charge in [-0.05, 0) is 122 Å². The van der Waals surface area contributed by atoms with Crippen molar-refractivity contribution in [3.05, 3.63) is 309 Å². The van der Waals surface area contributed by atoms with E-state index in [0.29, 0.717) is 0 Å². The lowest BCUT2D eigenvalue weighted by molar-refractivity contribution is 0.669. The minimum atomic E-state index is -0.198. The van der Waals surface area contributed by atoms with Crippen LogP contribution in [0.4, 0.5) is 34.1 Å². The van der Waals surface area contributed by atoms with Gasteiger partial charge in [0.2, 0.25) is 0 Å². The molecule has 0 N–H and O–H groups in total. The van der Waals surface area contributed by atoms with Crippen LogP contribution in [0, 0.1) is 0 Å². The van der Waals surface area contributed by atoms with Crippen LogP contribution >= 0.6 is 11.3 Å². The molecule has 90 heavy (non-hydrogen) atoms. The molecule has 0 unspecified atom stereocenters. The van der Waals surface area contributed by atoms with Crippen LogP contribution < -0.4 is 26.2 Å². The van der Waals surface area contributed by atoms with Gasteiger partial charge in [0.15, 0.2) is 0 Å². The molecule has 418 valence electrons. The van der Waals surface area contributed by atoms with Crippen LogP contribution in [0.15, 0.2) is 318 Å². The first-order valence-corrected chi connectivity index (χ1v) is 31.6. The molecule has 2 aliphatic heterocycles. The Bertz CT molecular complexity index is 5770. The first-order chi connectivity index (χ1) is 44.6. The van der Waals surface area contributed by atoms with Gasteiger partial charge in [0.25, 0.3) is 6.71 Å². The first-order valence-electron chi connectivity index (χ1n) is 30.8. The van der Waals surface area contributed by atoms with Gasteiger partial charge in [0.1, 0.15) is 22.3 Å². The second-order valence-corrected chi connectivity index (χ2v) is 24.8. The van der Waals surface area contributed by atoms with Crippen molar-refractivity contribution >= 4 is 133 Å². The fourth-order valence-electron chi connectivity index (χ4n) is 14.8. The highest BCUT2D eigenvalue weighted by Gasteiger charge is 2.46. The van der Waals surface area contributed by atoms with Crippen molar-refractivity contribution in [1.29, 1.82) is 0 Å². The van der Waals surface area contributed by atoms with E-state index in [1.807, 2.05) is 11.3 Å². The number of rotatable bonds is 8. The summed E-state index contributed by atoms with van der Waals surface area (Å²) in [6.07, 6.45) is 0. The summed E-state index contributed by atoms with van der Waals surface area (Å²) in [4.78, 5) is 5.25. The zero-order valence-electron chi connectivity index (χ0n) is 48.6. The van der Waals surface area contributed by atoms with E-state index in [1.54, 1.807) is 0 Å². The summed E-state index contributed by atoms with van der Waals surface area (Å²) in [5.41, 5.74) is 27.5. The minimum Gasteiger partial charge on any atom is -0.455 e. The minimum absolute atomic E-state index is 0.198. The molecule has 14 aromatic carbocycles. The summed E-state index contributed by atoms with van der Waals surface area (Å²) in [5.74, 6) is 0. The van der Waals surface area contributed by atoms with Gasteiger partial charge >= 0.3 is 0 Å². The highest BCUT2D eigenvalue weighted by atomic mass is 32.1. The highest BCUT2D eigenvalue weighted by molar-refractivity contribution is 7.26. The Morgan fingerprint density at radius 3 is 1.27 bits per heavy atom. The van der Waals surface area contributed by atoms with Gasteiger partial charge in [-0.1, -0.05) is 249 Å². The molecule has 6 heteroatoms. The van der Waals surface area contributed by atoms with Crippen molar-refractivity contribution in [3.8, 4) is 66.8 Å². The van der Waals surface area contributed by atoms with Crippen molar-refractivity contribution in [3.63, 3.8) is 0 Å². The van der Waals surface area contributed by atoms with Gasteiger partial charge in [-0.25, -0.2) is 0 Å². The lowest BCUT2D eigenvalue weighted by Crippen LogP contribution is -2.61. The van der Waals surface area contributed by atoms with E-state index in [4.69, 9.17) is 8.83 Å². The zero-order chi connectivity index (χ0) is 59.0. The average Bonchev–Trinajstić information content (AvgIpc) is 1.01. The zero-order valence-corrected chi connectivity index (χ0v) is 49.5. The van der Waals surface area contributed by atoms with Crippen molar-refractivity contribution in [2.24, 2.45) is 0 Å². The van der Waals surface area contributed by atoms with Crippen LogP contribution in [-0.4, -0.2) is 6.71 Å². The molecule has 0 bridgehead atoms. The summed E-state index contributed by atoms with van der Waals surface area (Å²) in [6, 6.07) is 114. The summed E-state index contributed by atoms with van der Waals surface area (Å²) in [6.45, 7) is -0.198. The summed E-state index contributed by atoms with van der Waals surface area (Å²) in [7, 11) is 0. The monoisotopic (exact) mass is 1160 g/mol. The van der Waals surface area contributed by atoms with Crippen molar-refractivity contribution in [2.75, 3.05) is 9.80 Å². The molecule has 0 amide bonds. The smallest absolute Gasteiger partial charge is 0.252 e. The van der Waals surface area contributed by atoms with Gasteiger partial charge in [0.05, 0.1) is 21.8 Å². The number of para-hydroxylation sites is 6. The molecule has 5 heterocycles. The number of anilines is 6. The maximum Gasteiger partial charge on any atom is 0.252 e. The molecule has 0 fully saturated rings. The van der Waals surface area contributed by atoms with Crippen molar-refractivity contribution < 1.29 is 8.83 Å². The number of hydrogen-bond donors (Lipinski definition) is 0. The van der Waals surface area contributed by atoms with Crippen LogP contribution in [0.3, 0.4) is 0 Å². The predicted molar refractivity (Wildman–Crippen MR) is 381 cm³/mol. The van der Waals surface area contributed by atoms with E-state index in [9.17, 15) is 0 Å². The number of thiophene rings is 1. The molecule has 0 atom stereocenters. The highest BCUT2D eigenvalue weighted by Crippen LogP contribution is 2.54. The van der Waals surface area contributed by atoms with Gasteiger partial charge < -0.3 is 18.6 Å². The van der Waals surface area contributed by atoms with E-state index in [-0.39, 0.29) is 6.71 Å². The van der Waals surface area contributed by atoms with Gasteiger partial charge in [-0.3, -0.25) is 0 Å². The Morgan fingerprint density at radius 1 is 0.267 bits per heavy atom. The lowest BCUT2D eigenvalue weighted by atomic mass is 9.33. The Kier molecular flexibility index (Phi) is 11.3. The fraction of sp³-hybridized carbons (Fsp3) is 0. The predicted octanol–water partition coefficient (Wildman–Crippen LogP) is 21.9. The molecule has 0 saturated carbocycles. The third kappa shape index (κ3) is 7.75.